The van der Waals surface area contributed by atoms with Gasteiger partial charge in [0.1, 0.15) is 0 Å². The van der Waals surface area contributed by atoms with Crippen LogP contribution in [0.4, 0.5) is 0 Å². The first-order chi connectivity index (χ1) is 8.57. The predicted octanol–water partition coefficient (Wildman–Crippen LogP) is 1.91. The molecule has 0 aliphatic heterocycles. The minimum absolute atomic E-state index is 0.196. The molecule has 1 aromatic carbocycles. The maximum Gasteiger partial charge on any atom is 0.232 e. The summed E-state index contributed by atoms with van der Waals surface area (Å²) in [6.45, 7) is 5.19. The second-order valence-electron chi connectivity index (χ2n) is 5.51. The Morgan fingerprint density at radius 2 is 1.94 bits per heavy atom. The molecule has 0 bridgehead atoms. The van der Waals surface area contributed by atoms with Gasteiger partial charge in [-0.2, -0.15) is 0 Å². The fourth-order valence-electron chi connectivity index (χ4n) is 2.31. The normalized spacial score (nSPS) is 15.5. The number of nitrogens with two attached hydrogens (primary N) is 1. The molecule has 0 atom stereocenters. The minimum atomic E-state index is -0.473. The van der Waals surface area contributed by atoms with Crippen molar-refractivity contribution >= 4 is 5.91 Å². The van der Waals surface area contributed by atoms with Crippen LogP contribution in [0.1, 0.15) is 32.3 Å². The predicted molar refractivity (Wildman–Crippen MR) is 73.3 cm³/mol. The summed E-state index contributed by atoms with van der Waals surface area (Å²) in [6.07, 6.45) is 2.24. The van der Waals surface area contributed by atoms with Crippen molar-refractivity contribution in [2.75, 3.05) is 13.1 Å². The molecule has 1 amide bonds. The zero-order chi connectivity index (χ0) is 13.2. The Hall–Kier alpha value is -1.35. The van der Waals surface area contributed by atoms with Crippen molar-refractivity contribution in [1.29, 1.82) is 0 Å². The molecule has 1 aliphatic carbocycles. The van der Waals surface area contributed by atoms with Gasteiger partial charge >= 0.3 is 0 Å². The van der Waals surface area contributed by atoms with Crippen LogP contribution in [0.25, 0.3) is 0 Å². The Balaban J connectivity index is 2.20. The Morgan fingerprint density at radius 3 is 2.44 bits per heavy atom. The van der Waals surface area contributed by atoms with E-state index >= 15 is 0 Å². The van der Waals surface area contributed by atoms with E-state index in [1.807, 2.05) is 49.1 Å². The third kappa shape index (κ3) is 2.56. The van der Waals surface area contributed by atoms with Crippen LogP contribution in [-0.4, -0.2) is 29.9 Å². The van der Waals surface area contributed by atoms with Gasteiger partial charge in [-0.3, -0.25) is 4.79 Å². The fraction of sp³-hybridized carbons (Fsp3) is 0.533. The summed E-state index contributed by atoms with van der Waals surface area (Å²) in [6, 6.07) is 10.4. The molecule has 3 heteroatoms. The fourth-order valence-corrected chi connectivity index (χ4v) is 2.31. The van der Waals surface area contributed by atoms with Gasteiger partial charge in [-0.15, -0.1) is 0 Å². The topological polar surface area (TPSA) is 46.3 Å². The van der Waals surface area contributed by atoms with Crippen LogP contribution in [0, 0.1) is 0 Å². The summed E-state index contributed by atoms with van der Waals surface area (Å²) in [5.41, 5.74) is 6.21. The van der Waals surface area contributed by atoms with Crippen LogP contribution in [0.5, 0.6) is 0 Å². The van der Waals surface area contributed by atoms with E-state index in [4.69, 9.17) is 5.73 Å². The number of carbonyl (C=O) groups excluding carboxylic acids is 1. The molecule has 0 unspecified atom stereocenters. The third-order valence-electron chi connectivity index (χ3n) is 3.65. The molecule has 0 spiro atoms. The molecule has 0 heterocycles. The summed E-state index contributed by atoms with van der Waals surface area (Å²) in [5, 5.41) is 0. The lowest BCUT2D eigenvalue weighted by atomic mass is 9.83. The van der Waals surface area contributed by atoms with Gasteiger partial charge in [-0.05, 0) is 32.3 Å². The zero-order valence-corrected chi connectivity index (χ0v) is 11.2. The molecule has 1 aliphatic rings. The maximum absolute atomic E-state index is 12.7. The van der Waals surface area contributed by atoms with Gasteiger partial charge in [0, 0.05) is 19.1 Å². The van der Waals surface area contributed by atoms with E-state index in [1.54, 1.807) is 0 Å². The summed E-state index contributed by atoms with van der Waals surface area (Å²) in [4.78, 5) is 14.7. The molecule has 0 saturated heterocycles. The molecule has 1 saturated carbocycles. The second-order valence-corrected chi connectivity index (χ2v) is 5.51. The SMILES string of the molecule is CC(C)(C(=O)N(CCN)C1CC1)c1ccccc1. The number of hydrogen-bond acceptors (Lipinski definition) is 2. The van der Waals surface area contributed by atoms with Crippen molar-refractivity contribution in [1.82, 2.24) is 4.90 Å². The Labute approximate surface area is 109 Å². The molecule has 2 rings (SSSR count). The molecule has 2 N–H and O–H groups in total. The first kappa shape index (κ1) is 13.1. The van der Waals surface area contributed by atoms with Crippen molar-refractivity contribution in [2.24, 2.45) is 5.73 Å². The van der Waals surface area contributed by atoms with Crippen molar-refractivity contribution < 1.29 is 4.79 Å². The number of benzene rings is 1. The van der Waals surface area contributed by atoms with E-state index < -0.39 is 5.41 Å². The standard InChI is InChI=1S/C15H22N2O/c1-15(2,12-6-4-3-5-7-12)14(18)17(11-10-16)13-8-9-13/h3-7,13H,8-11,16H2,1-2H3. The van der Waals surface area contributed by atoms with Gasteiger partial charge in [0.25, 0.3) is 0 Å². The van der Waals surface area contributed by atoms with Crippen molar-refractivity contribution in [2.45, 2.75) is 38.1 Å². The van der Waals surface area contributed by atoms with Gasteiger partial charge < -0.3 is 10.6 Å². The highest BCUT2D eigenvalue weighted by atomic mass is 16.2. The van der Waals surface area contributed by atoms with E-state index in [0.29, 0.717) is 19.1 Å². The third-order valence-corrected chi connectivity index (χ3v) is 3.65. The van der Waals surface area contributed by atoms with Crippen molar-refractivity contribution in [3.63, 3.8) is 0 Å². The smallest absolute Gasteiger partial charge is 0.232 e. The molecule has 1 fully saturated rings. The average Bonchev–Trinajstić information content (AvgIpc) is 3.20. The van der Waals surface area contributed by atoms with Gasteiger partial charge in [-0.25, -0.2) is 0 Å². The van der Waals surface area contributed by atoms with Crippen LogP contribution in [0.3, 0.4) is 0 Å². The van der Waals surface area contributed by atoms with Crippen LogP contribution in [0.15, 0.2) is 30.3 Å². The van der Waals surface area contributed by atoms with E-state index in [9.17, 15) is 4.79 Å². The summed E-state index contributed by atoms with van der Waals surface area (Å²) >= 11 is 0. The molecule has 1 aromatic rings. The first-order valence-electron chi connectivity index (χ1n) is 6.64. The lowest BCUT2D eigenvalue weighted by Gasteiger charge is -2.32. The van der Waals surface area contributed by atoms with Crippen LogP contribution in [0.2, 0.25) is 0 Å². The molecule has 3 nitrogen and oxygen atoms in total. The number of nitrogens with zero attached hydrogens (tertiary/aromatic N) is 1. The van der Waals surface area contributed by atoms with E-state index in [1.165, 1.54) is 0 Å². The van der Waals surface area contributed by atoms with Crippen LogP contribution < -0.4 is 5.73 Å². The Bertz CT molecular complexity index is 410. The quantitative estimate of drug-likeness (QED) is 0.862. The van der Waals surface area contributed by atoms with Crippen molar-refractivity contribution in [3.05, 3.63) is 35.9 Å². The highest BCUT2D eigenvalue weighted by Gasteiger charge is 2.39. The summed E-state index contributed by atoms with van der Waals surface area (Å²) in [7, 11) is 0. The Morgan fingerprint density at radius 1 is 1.33 bits per heavy atom. The monoisotopic (exact) mass is 246 g/mol. The summed E-state index contributed by atoms with van der Waals surface area (Å²) < 4.78 is 0. The number of rotatable bonds is 5. The molecule has 0 radical (unpaired) electrons. The lowest BCUT2D eigenvalue weighted by Crippen LogP contribution is -2.46. The molecule has 0 aromatic heterocycles. The van der Waals surface area contributed by atoms with Crippen molar-refractivity contribution in [3.8, 4) is 0 Å². The van der Waals surface area contributed by atoms with Gasteiger partial charge in [0.05, 0.1) is 5.41 Å². The zero-order valence-electron chi connectivity index (χ0n) is 11.2. The maximum atomic E-state index is 12.7. The second kappa shape index (κ2) is 5.11. The number of amides is 1. The van der Waals surface area contributed by atoms with E-state index in [-0.39, 0.29) is 5.91 Å². The Kier molecular flexibility index (Phi) is 3.71. The number of hydrogen-bond donors (Lipinski definition) is 1. The van der Waals surface area contributed by atoms with Gasteiger partial charge in [0.15, 0.2) is 0 Å². The molecule has 98 valence electrons. The van der Waals surface area contributed by atoms with Crippen LogP contribution in [-0.2, 0) is 10.2 Å². The minimum Gasteiger partial charge on any atom is -0.338 e. The van der Waals surface area contributed by atoms with Gasteiger partial charge in [0.2, 0.25) is 5.91 Å². The van der Waals surface area contributed by atoms with Crippen LogP contribution >= 0.6 is 0 Å². The van der Waals surface area contributed by atoms with E-state index in [2.05, 4.69) is 0 Å². The molecular formula is C15H22N2O. The average molecular weight is 246 g/mol. The lowest BCUT2D eigenvalue weighted by molar-refractivity contribution is -0.136. The van der Waals surface area contributed by atoms with E-state index in [0.717, 1.165) is 18.4 Å². The van der Waals surface area contributed by atoms with Gasteiger partial charge in [-0.1, -0.05) is 30.3 Å². The summed E-state index contributed by atoms with van der Waals surface area (Å²) in [5.74, 6) is 0.196. The first-order valence-corrected chi connectivity index (χ1v) is 6.64. The molecular weight excluding hydrogens is 224 g/mol. The largest absolute Gasteiger partial charge is 0.338 e. The highest BCUT2D eigenvalue weighted by Crippen LogP contribution is 2.32. The number of carbonyl (C=O) groups is 1. The molecule has 18 heavy (non-hydrogen) atoms. The highest BCUT2D eigenvalue weighted by molar-refractivity contribution is 5.87.